The lowest BCUT2D eigenvalue weighted by Crippen LogP contribution is -2.47. The number of ketones is 1. The van der Waals surface area contributed by atoms with Gasteiger partial charge >= 0.3 is 0 Å². The highest BCUT2D eigenvalue weighted by Crippen LogP contribution is 2.61. The third-order valence-corrected chi connectivity index (χ3v) is 8.04. The van der Waals surface area contributed by atoms with E-state index in [1.807, 2.05) is 24.3 Å². The molecule has 0 atom stereocenters. The van der Waals surface area contributed by atoms with E-state index >= 15 is 0 Å². The van der Waals surface area contributed by atoms with Crippen molar-refractivity contribution in [1.29, 1.82) is 0 Å². The molecule has 4 saturated carbocycles. The van der Waals surface area contributed by atoms with Crippen molar-refractivity contribution in [1.82, 2.24) is 4.90 Å². The van der Waals surface area contributed by atoms with Crippen LogP contribution in [0.2, 0.25) is 0 Å². The molecular formula is C26H36N2O4. The molecule has 1 N–H and O–H groups in total. The van der Waals surface area contributed by atoms with E-state index in [0.29, 0.717) is 18.7 Å². The number of morpholine rings is 1. The quantitative estimate of drug-likeness (QED) is 0.466. The molecular weight excluding hydrogens is 404 g/mol. The number of amides is 1. The Morgan fingerprint density at radius 1 is 1.06 bits per heavy atom. The molecule has 1 aromatic carbocycles. The minimum Gasteiger partial charge on any atom is -0.493 e. The van der Waals surface area contributed by atoms with Crippen molar-refractivity contribution in [3.05, 3.63) is 24.3 Å². The summed E-state index contributed by atoms with van der Waals surface area (Å²) < 4.78 is 11.3. The van der Waals surface area contributed by atoms with Gasteiger partial charge in [-0.2, -0.15) is 0 Å². The summed E-state index contributed by atoms with van der Waals surface area (Å²) in [5.74, 6) is 2.34. The Morgan fingerprint density at radius 3 is 2.44 bits per heavy atom. The zero-order chi connectivity index (χ0) is 22.0. The van der Waals surface area contributed by atoms with E-state index in [-0.39, 0.29) is 11.2 Å². The second-order valence-electron chi connectivity index (χ2n) is 10.7. The van der Waals surface area contributed by atoms with Gasteiger partial charge in [-0.05, 0) is 80.2 Å². The number of anilines is 1. The Labute approximate surface area is 191 Å². The number of nitrogens with zero attached hydrogens (tertiary/aromatic N) is 1. The summed E-state index contributed by atoms with van der Waals surface area (Å²) in [4.78, 5) is 27.9. The van der Waals surface area contributed by atoms with Gasteiger partial charge in [-0.3, -0.25) is 14.5 Å². The largest absolute Gasteiger partial charge is 0.493 e. The number of carbonyl (C=O) groups excluding carboxylic acids is 2. The van der Waals surface area contributed by atoms with Crippen LogP contribution in [-0.4, -0.2) is 56.0 Å². The maximum Gasteiger partial charge on any atom is 0.291 e. The summed E-state index contributed by atoms with van der Waals surface area (Å²) in [6, 6.07) is 7.37. The normalized spacial score (nSPS) is 31.4. The van der Waals surface area contributed by atoms with Gasteiger partial charge in [-0.1, -0.05) is 6.07 Å². The van der Waals surface area contributed by atoms with Crippen LogP contribution >= 0.6 is 0 Å². The number of ether oxygens (including phenoxy) is 2. The lowest BCUT2D eigenvalue weighted by atomic mass is 9.48. The second kappa shape index (κ2) is 9.52. The van der Waals surface area contributed by atoms with Gasteiger partial charge in [0, 0.05) is 37.8 Å². The zero-order valence-corrected chi connectivity index (χ0v) is 19.0. The topological polar surface area (TPSA) is 67.9 Å². The van der Waals surface area contributed by atoms with Gasteiger partial charge in [0.15, 0.2) is 0 Å². The van der Waals surface area contributed by atoms with Crippen molar-refractivity contribution in [2.75, 3.05) is 44.8 Å². The van der Waals surface area contributed by atoms with Crippen molar-refractivity contribution in [3.8, 4) is 5.75 Å². The standard InChI is InChI=1S/C26H36N2O4/c29-24(18-26-15-19-11-20(16-26)13-21(12-19)17-26)25(30)27-22-3-1-4-23(14-22)32-8-2-5-28-6-9-31-10-7-28/h1,3-4,14,19-21H,2,5-13,15-18H2,(H,27,30). The van der Waals surface area contributed by atoms with E-state index in [1.54, 1.807) is 0 Å². The van der Waals surface area contributed by atoms with Crippen LogP contribution in [0, 0.1) is 23.2 Å². The zero-order valence-electron chi connectivity index (χ0n) is 19.0. The molecule has 0 radical (unpaired) electrons. The number of benzene rings is 1. The molecule has 32 heavy (non-hydrogen) atoms. The van der Waals surface area contributed by atoms with Gasteiger partial charge in [-0.25, -0.2) is 0 Å². The highest BCUT2D eigenvalue weighted by atomic mass is 16.5. The molecule has 1 amide bonds. The van der Waals surface area contributed by atoms with Crippen LogP contribution in [0.5, 0.6) is 5.75 Å². The fraction of sp³-hybridized carbons (Fsp3) is 0.692. The molecule has 0 spiro atoms. The first kappa shape index (κ1) is 21.9. The average molecular weight is 441 g/mol. The van der Waals surface area contributed by atoms with Gasteiger partial charge in [0.1, 0.15) is 5.75 Å². The Balaban J connectivity index is 1.09. The van der Waals surface area contributed by atoms with E-state index in [2.05, 4.69) is 10.2 Å². The van der Waals surface area contributed by atoms with E-state index in [9.17, 15) is 9.59 Å². The highest BCUT2D eigenvalue weighted by Gasteiger charge is 2.51. The summed E-state index contributed by atoms with van der Waals surface area (Å²) in [5.41, 5.74) is 0.716. The molecule has 1 saturated heterocycles. The SMILES string of the molecule is O=C(CC12CC3CC(CC(C3)C1)C2)C(=O)Nc1cccc(OCCCN2CCOCC2)c1. The third kappa shape index (κ3) is 5.18. The molecule has 0 unspecified atom stereocenters. The minimum atomic E-state index is -0.481. The molecule has 6 nitrogen and oxygen atoms in total. The van der Waals surface area contributed by atoms with Crippen LogP contribution in [0.1, 0.15) is 51.4 Å². The number of rotatable bonds is 9. The fourth-order valence-electron chi connectivity index (χ4n) is 7.09. The molecule has 1 heterocycles. The summed E-state index contributed by atoms with van der Waals surface area (Å²) in [6.45, 7) is 5.21. The van der Waals surface area contributed by atoms with Crippen LogP contribution < -0.4 is 10.1 Å². The molecule has 6 heteroatoms. The van der Waals surface area contributed by atoms with Crippen LogP contribution in [0.15, 0.2) is 24.3 Å². The van der Waals surface area contributed by atoms with Crippen LogP contribution in [0.3, 0.4) is 0 Å². The van der Waals surface area contributed by atoms with Crippen LogP contribution in [0.4, 0.5) is 5.69 Å². The minimum absolute atomic E-state index is 0.0919. The van der Waals surface area contributed by atoms with Crippen molar-refractivity contribution >= 4 is 17.4 Å². The van der Waals surface area contributed by atoms with Crippen molar-refractivity contribution in [2.24, 2.45) is 23.2 Å². The predicted octanol–water partition coefficient (Wildman–Crippen LogP) is 3.90. The number of hydrogen-bond donors (Lipinski definition) is 1. The molecule has 4 aliphatic carbocycles. The van der Waals surface area contributed by atoms with Crippen molar-refractivity contribution < 1.29 is 19.1 Å². The number of carbonyl (C=O) groups is 2. The second-order valence-corrected chi connectivity index (χ2v) is 10.7. The molecule has 1 aliphatic heterocycles. The maximum atomic E-state index is 12.8. The third-order valence-electron chi connectivity index (χ3n) is 8.04. The molecule has 174 valence electrons. The van der Waals surface area contributed by atoms with E-state index in [4.69, 9.17) is 9.47 Å². The smallest absolute Gasteiger partial charge is 0.291 e. The molecule has 0 aromatic heterocycles. The van der Waals surface area contributed by atoms with E-state index in [1.165, 1.54) is 19.3 Å². The molecule has 1 aromatic rings. The summed E-state index contributed by atoms with van der Waals surface area (Å²) in [5, 5.41) is 2.82. The first-order chi connectivity index (χ1) is 15.6. The Bertz CT molecular complexity index is 798. The number of hydrogen-bond acceptors (Lipinski definition) is 5. The highest BCUT2D eigenvalue weighted by molar-refractivity contribution is 6.40. The van der Waals surface area contributed by atoms with Gasteiger partial charge < -0.3 is 14.8 Å². The van der Waals surface area contributed by atoms with E-state index < -0.39 is 5.91 Å². The van der Waals surface area contributed by atoms with Gasteiger partial charge in [-0.15, -0.1) is 0 Å². The van der Waals surface area contributed by atoms with Crippen LogP contribution in [-0.2, 0) is 14.3 Å². The van der Waals surface area contributed by atoms with Crippen molar-refractivity contribution in [2.45, 2.75) is 51.4 Å². The van der Waals surface area contributed by atoms with Gasteiger partial charge in [0.25, 0.3) is 5.91 Å². The fourth-order valence-corrected chi connectivity index (χ4v) is 7.09. The lowest BCUT2D eigenvalue weighted by molar-refractivity contribution is -0.139. The molecule has 5 fully saturated rings. The Kier molecular flexibility index (Phi) is 6.51. The Hall–Kier alpha value is -1.92. The molecule has 4 bridgehead atoms. The predicted molar refractivity (Wildman–Crippen MR) is 123 cm³/mol. The van der Waals surface area contributed by atoms with Crippen LogP contribution in [0.25, 0.3) is 0 Å². The summed E-state index contributed by atoms with van der Waals surface area (Å²) in [7, 11) is 0. The maximum absolute atomic E-state index is 12.8. The Morgan fingerprint density at radius 2 is 1.75 bits per heavy atom. The monoisotopic (exact) mass is 440 g/mol. The average Bonchev–Trinajstić information content (AvgIpc) is 2.76. The summed E-state index contributed by atoms with van der Waals surface area (Å²) >= 11 is 0. The number of Topliss-reactive ketones (excluding diaryl/α,β-unsaturated/α-hetero) is 1. The number of nitrogens with one attached hydrogen (secondary N) is 1. The van der Waals surface area contributed by atoms with Gasteiger partial charge in [0.2, 0.25) is 5.78 Å². The van der Waals surface area contributed by atoms with Gasteiger partial charge in [0.05, 0.1) is 19.8 Å². The first-order valence-electron chi connectivity index (χ1n) is 12.4. The lowest BCUT2D eigenvalue weighted by Gasteiger charge is -2.56. The summed E-state index contributed by atoms with van der Waals surface area (Å²) in [6.07, 6.45) is 8.83. The first-order valence-corrected chi connectivity index (χ1v) is 12.4. The van der Waals surface area contributed by atoms with Crippen molar-refractivity contribution in [3.63, 3.8) is 0 Å². The van der Waals surface area contributed by atoms with E-state index in [0.717, 1.165) is 82.0 Å². The molecule has 5 aliphatic rings. The molecule has 6 rings (SSSR count).